The quantitative estimate of drug-likeness (QED) is 0.589. The van der Waals surface area contributed by atoms with Crippen LogP contribution in [0.5, 0.6) is 0 Å². The molecule has 2 aromatic rings. The lowest BCUT2D eigenvalue weighted by Crippen LogP contribution is -1.80. The van der Waals surface area contributed by atoms with Crippen LogP contribution in [-0.4, -0.2) is 6.29 Å². The number of alkyl halides is 1. The minimum absolute atomic E-state index is 0.720. The second-order valence-corrected chi connectivity index (χ2v) is 5.40. The summed E-state index contributed by atoms with van der Waals surface area (Å²) < 4.78 is 2.20. The smallest absolute Gasteiger partial charge is 0.160 e. The van der Waals surface area contributed by atoms with Crippen molar-refractivity contribution in [2.45, 2.75) is 5.33 Å². The second-order valence-electron chi connectivity index (χ2n) is 2.84. The third-order valence-corrected chi connectivity index (χ3v) is 4.22. The van der Waals surface area contributed by atoms with Crippen molar-refractivity contribution in [1.82, 2.24) is 0 Å². The van der Waals surface area contributed by atoms with Crippen LogP contribution >= 0.6 is 43.2 Å². The molecule has 0 N–H and O–H groups in total. The minimum atomic E-state index is 0.720. The molecular formula is C10H6Br2OS. The van der Waals surface area contributed by atoms with Crippen molar-refractivity contribution >= 4 is 59.6 Å². The largest absolute Gasteiger partial charge is 0.297 e. The van der Waals surface area contributed by atoms with Crippen LogP contribution in [0.15, 0.2) is 22.7 Å². The maximum atomic E-state index is 10.8. The van der Waals surface area contributed by atoms with E-state index in [9.17, 15) is 4.79 Å². The number of thiophene rings is 1. The lowest BCUT2D eigenvalue weighted by molar-refractivity contribution is 0.112. The molecule has 1 aromatic carbocycles. The number of carbonyl (C=O) groups is 1. The zero-order chi connectivity index (χ0) is 10.1. The molecule has 0 atom stereocenters. The van der Waals surface area contributed by atoms with Crippen LogP contribution in [0, 0.1) is 0 Å². The van der Waals surface area contributed by atoms with E-state index < -0.39 is 0 Å². The summed E-state index contributed by atoms with van der Waals surface area (Å²) in [4.78, 5) is 11.6. The van der Waals surface area contributed by atoms with Gasteiger partial charge in [0.1, 0.15) is 0 Å². The Hall–Kier alpha value is -0.190. The van der Waals surface area contributed by atoms with Crippen LogP contribution in [-0.2, 0) is 5.33 Å². The van der Waals surface area contributed by atoms with Crippen LogP contribution in [0.1, 0.15) is 15.2 Å². The lowest BCUT2D eigenvalue weighted by atomic mass is 10.1. The lowest BCUT2D eigenvalue weighted by Gasteiger charge is -1.94. The Morgan fingerprint density at radius 2 is 2.21 bits per heavy atom. The Labute approximate surface area is 102 Å². The number of halogens is 2. The van der Waals surface area contributed by atoms with Crippen LogP contribution in [0.25, 0.3) is 10.1 Å². The Morgan fingerprint density at radius 1 is 1.43 bits per heavy atom. The van der Waals surface area contributed by atoms with Gasteiger partial charge in [-0.2, -0.15) is 0 Å². The van der Waals surface area contributed by atoms with E-state index in [4.69, 9.17) is 0 Å². The molecule has 4 heteroatoms. The van der Waals surface area contributed by atoms with Crippen LogP contribution in [0.2, 0.25) is 0 Å². The van der Waals surface area contributed by atoms with E-state index in [2.05, 4.69) is 37.9 Å². The van der Waals surface area contributed by atoms with Crippen LogP contribution in [0.4, 0.5) is 0 Å². The van der Waals surface area contributed by atoms with Crippen LogP contribution < -0.4 is 0 Å². The predicted molar refractivity (Wildman–Crippen MR) is 67.5 cm³/mol. The van der Waals surface area contributed by atoms with Gasteiger partial charge in [-0.05, 0) is 29.1 Å². The predicted octanol–water partition coefficient (Wildman–Crippen LogP) is 4.37. The molecule has 0 saturated carbocycles. The fraction of sp³-hybridized carbons (Fsp3) is 0.100. The molecule has 0 aliphatic heterocycles. The molecule has 0 unspecified atom stereocenters. The molecule has 72 valence electrons. The van der Waals surface area contributed by atoms with Gasteiger partial charge in [0, 0.05) is 14.5 Å². The number of aldehydes is 1. The highest BCUT2D eigenvalue weighted by atomic mass is 79.9. The molecule has 1 nitrogen and oxygen atoms in total. The summed E-state index contributed by atoms with van der Waals surface area (Å²) in [6.07, 6.45) is 0.926. The molecule has 14 heavy (non-hydrogen) atoms. The molecule has 1 aromatic heterocycles. The highest BCUT2D eigenvalue weighted by Crippen LogP contribution is 2.33. The summed E-state index contributed by atoms with van der Waals surface area (Å²) in [5, 5.41) is 1.88. The fourth-order valence-electron chi connectivity index (χ4n) is 1.37. The van der Waals surface area contributed by atoms with E-state index in [0.717, 1.165) is 36.6 Å². The topological polar surface area (TPSA) is 17.1 Å². The van der Waals surface area contributed by atoms with Crippen molar-refractivity contribution in [2.24, 2.45) is 0 Å². The molecule has 0 bridgehead atoms. The van der Waals surface area contributed by atoms with E-state index in [1.165, 1.54) is 11.3 Å². The number of fused-ring (bicyclic) bond motifs is 1. The number of carbonyl (C=O) groups excluding carboxylic acids is 1. The van der Waals surface area contributed by atoms with Gasteiger partial charge < -0.3 is 0 Å². The van der Waals surface area contributed by atoms with E-state index >= 15 is 0 Å². The van der Waals surface area contributed by atoms with Gasteiger partial charge in [-0.3, -0.25) is 4.79 Å². The Balaban J connectivity index is 2.81. The first-order valence-electron chi connectivity index (χ1n) is 3.98. The van der Waals surface area contributed by atoms with Crippen molar-refractivity contribution in [3.8, 4) is 0 Å². The summed E-state index contributed by atoms with van der Waals surface area (Å²) >= 11 is 8.37. The molecule has 0 spiro atoms. The second kappa shape index (κ2) is 4.13. The number of benzene rings is 1. The van der Waals surface area contributed by atoms with Crippen molar-refractivity contribution in [1.29, 1.82) is 0 Å². The van der Waals surface area contributed by atoms with Gasteiger partial charge in [-0.25, -0.2) is 0 Å². The maximum absolute atomic E-state index is 10.8. The minimum Gasteiger partial charge on any atom is -0.297 e. The molecule has 0 aliphatic rings. The van der Waals surface area contributed by atoms with Gasteiger partial charge in [0.15, 0.2) is 6.29 Å². The first-order valence-corrected chi connectivity index (χ1v) is 6.71. The summed E-state index contributed by atoms with van der Waals surface area (Å²) in [6, 6.07) is 6.07. The highest BCUT2D eigenvalue weighted by molar-refractivity contribution is 9.10. The summed E-state index contributed by atoms with van der Waals surface area (Å²) in [5.74, 6) is 0. The Bertz CT molecular complexity index is 490. The van der Waals surface area contributed by atoms with E-state index in [-0.39, 0.29) is 0 Å². The van der Waals surface area contributed by atoms with Crippen molar-refractivity contribution in [3.63, 3.8) is 0 Å². The number of hydrogen-bond acceptors (Lipinski definition) is 2. The zero-order valence-electron chi connectivity index (χ0n) is 7.09. The summed E-state index contributed by atoms with van der Waals surface area (Å²) in [5.41, 5.74) is 1.08. The molecule has 0 aliphatic carbocycles. The maximum Gasteiger partial charge on any atom is 0.160 e. The first kappa shape index (κ1) is 10.3. The van der Waals surface area contributed by atoms with E-state index in [1.54, 1.807) is 0 Å². The monoisotopic (exact) mass is 332 g/mol. The number of hydrogen-bond donors (Lipinski definition) is 0. The van der Waals surface area contributed by atoms with Gasteiger partial charge in [0.25, 0.3) is 0 Å². The molecule has 0 radical (unpaired) electrons. The van der Waals surface area contributed by atoms with Crippen molar-refractivity contribution < 1.29 is 4.79 Å². The zero-order valence-corrected chi connectivity index (χ0v) is 11.1. The molecular weight excluding hydrogens is 328 g/mol. The average molecular weight is 334 g/mol. The van der Waals surface area contributed by atoms with Gasteiger partial charge in [-0.1, -0.05) is 31.9 Å². The Kier molecular flexibility index (Phi) is 3.04. The average Bonchev–Trinajstić information content (AvgIpc) is 2.54. The summed E-state index contributed by atoms with van der Waals surface area (Å²) in [6.45, 7) is 0. The number of rotatable bonds is 2. The fourth-order valence-corrected chi connectivity index (χ4v) is 3.54. The van der Waals surface area contributed by atoms with Crippen molar-refractivity contribution in [2.75, 3.05) is 0 Å². The molecule has 2 rings (SSSR count). The molecule has 1 heterocycles. The standard InChI is InChI=1S/C10H6Br2OS/c11-4-8-7-3-6(12)1-2-9(7)14-10(8)5-13/h1-3,5H,4H2. The van der Waals surface area contributed by atoms with Crippen LogP contribution in [0.3, 0.4) is 0 Å². The van der Waals surface area contributed by atoms with Gasteiger partial charge in [0.2, 0.25) is 0 Å². The molecule has 0 saturated heterocycles. The third kappa shape index (κ3) is 1.66. The van der Waals surface area contributed by atoms with E-state index in [1.807, 2.05) is 12.1 Å². The summed E-state index contributed by atoms with van der Waals surface area (Å²) in [7, 11) is 0. The van der Waals surface area contributed by atoms with Gasteiger partial charge >= 0.3 is 0 Å². The van der Waals surface area contributed by atoms with Crippen molar-refractivity contribution in [3.05, 3.63) is 33.1 Å². The third-order valence-electron chi connectivity index (χ3n) is 2.02. The molecule has 0 fully saturated rings. The Morgan fingerprint density at radius 3 is 2.86 bits per heavy atom. The molecule has 0 amide bonds. The van der Waals surface area contributed by atoms with E-state index in [0.29, 0.717) is 0 Å². The highest BCUT2D eigenvalue weighted by Gasteiger charge is 2.10. The van der Waals surface area contributed by atoms with Gasteiger partial charge in [-0.15, -0.1) is 11.3 Å². The normalized spacial score (nSPS) is 10.7. The SMILES string of the molecule is O=Cc1sc2ccc(Br)cc2c1CBr. The first-order chi connectivity index (χ1) is 6.76. The van der Waals surface area contributed by atoms with Gasteiger partial charge in [0.05, 0.1) is 4.88 Å².